The lowest BCUT2D eigenvalue weighted by molar-refractivity contribution is -0.116. The average Bonchev–Trinajstić information content (AvgIpc) is 2.85. The Balaban J connectivity index is 0.00000220. The third-order valence-corrected chi connectivity index (χ3v) is 4.05. The Kier molecular flexibility index (Phi) is 7.46. The normalized spacial score (nSPS) is 19.9. The molecule has 4 nitrogen and oxygen atoms in total. The average molecular weight is 332 g/mol. The van der Waals surface area contributed by atoms with Crippen LogP contribution in [0.1, 0.15) is 19.8 Å². The minimum atomic E-state index is 0. The first-order valence-electron chi connectivity index (χ1n) is 7.08. The van der Waals surface area contributed by atoms with Crippen molar-refractivity contribution in [2.24, 2.45) is 11.7 Å². The SMILES string of the molecule is CC(N)C1CCN(CCC(=O)Nc2cccc(Cl)c2)C1.Cl. The standard InChI is InChI=1S/C15H22ClN3O.ClH/c1-11(17)12-5-7-19(10-12)8-6-15(20)18-14-4-2-3-13(16)9-14;/h2-4,9,11-12H,5-8,10,17H2,1H3,(H,18,20);1H. The van der Waals surface area contributed by atoms with E-state index in [2.05, 4.69) is 17.1 Å². The number of carbonyl (C=O) groups excluding carboxylic acids is 1. The Hall–Kier alpha value is -0.810. The molecule has 1 saturated heterocycles. The van der Waals surface area contributed by atoms with Crippen molar-refractivity contribution in [3.63, 3.8) is 0 Å². The highest BCUT2D eigenvalue weighted by Gasteiger charge is 2.25. The summed E-state index contributed by atoms with van der Waals surface area (Å²) in [6.45, 7) is 4.88. The van der Waals surface area contributed by atoms with Crippen molar-refractivity contribution in [1.82, 2.24) is 4.90 Å². The van der Waals surface area contributed by atoms with Gasteiger partial charge in [-0.15, -0.1) is 12.4 Å². The van der Waals surface area contributed by atoms with E-state index in [1.165, 1.54) is 0 Å². The van der Waals surface area contributed by atoms with Gasteiger partial charge in [0.15, 0.2) is 0 Å². The molecule has 1 heterocycles. The molecule has 2 unspecified atom stereocenters. The van der Waals surface area contributed by atoms with E-state index in [0.717, 1.165) is 31.7 Å². The molecule has 1 fully saturated rings. The molecule has 1 aliphatic rings. The van der Waals surface area contributed by atoms with Gasteiger partial charge in [-0.25, -0.2) is 0 Å². The maximum absolute atomic E-state index is 11.9. The third-order valence-electron chi connectivity index (χ3n) is 3.82. The Morgan fingerprint density at radius 2 is 2.33 bits per heavy atom. The van der Waals surface area contributed by atoms with Crippen molar-refractivity contribution >= 4 is 35.6 Å². The summed E-state index contributed by atoms with van der Waals surface area (Å²) in [7, 11) is 0. The van der Waals surface area contributed by atoms with E-state index in [4.69, 9.17) is 17.3 Å². The lowest BCUT2D eigenvalue weighted by Gasteiger charge is -2.17. The van der Waals surface area contributed by atoms with E-state index in [1.54, 1.807) is 12.1 Å². The highest BCUT2D eigenvalue weighted by Crippen LogP contribution is 2.19. The summed E-state index contributed by atoms with van der Waals surface area (Å²) in [6, 6.07) is 7.44. The number of likely N-dealkylation sites (tertiary alicyclic amines) is 1. The highest BCUT2D eigenvalue weighted by molar-refractivity contribution is 6.30. The molecule has 0 spiro atoms. The maximum atomic E-state index is 11.9. The number of rotatable bonds is 5. The summed E-state index contributed by atoms with van der Waals surface area (Å²) in [6.07, 6.45) is 1.63. The molecule has 1 aromatic rings. The van der Waals surface area contributed by atoms with E-state index >= 15 is 0 Å². The molecule has 6 heteroatoms. The number of halogens is 2. The third kappa shape index (κ3) is 5.83. The van der Waals surface area contributed by atoms with Gasteiger partial charge in [-0.05, 0) is 44.0 Å². The minimum absolute atomic E-state index is 0. The van der Waals surface area contributed by atoms with Gasteiger partial charge in [-0.1, -0.05) is 17.7 Å². The molecule has 21 heavy (non-hydrogen) atoms. The first kappa shape index (κ1) is 18.2. The van der Waals surface area contributed by atoms with Gasteiger partial charge >= 0.3 is 0 Å². The number of anilines is 1. The van der Waals surface area contributed by atoms with Crippen LogP contribution in [0, 0.1) is 5.92 Å². The molecule has 0 aromatic heterocycles. The Labute approximate surface area is 137 Å². The molecule has 1 amide bonds. The second-order valence-electron chi connectivity index (χ2n) is 5.52. The molecular weight excluding hydrogens is 309 g/mol. The summed E-state index contributed by atoms with van der Waals surface area (Å²) in [5, 5.41) is 3.49. The van der Waals surface area contributed by atoms with Gasteiger partial charge in [-0.3, -0.25) is 4.79 Å². The summed E-state index contributed by atoms with van der Waals surface area (Å²) in [5.41, 5.74) is 6.66. The topological polar surface area (TPSA) is 58.4 Å². The molecular formula is C15H23Cl2N3O. The molecule has 0 saturated carbocycles. The van der Waals surface area contributed by atoms with Crippen molar-refractivity contribution in [2.45, 2.75) is 25.8 Å². The summed E-state index contributed by atoms with van der Waals surface area (Å²) in [4.78, 5) is 14.2. The first-order chi connectivity index (χ1) is 9.54. The molecule has 1 aliphatic heterocycles. The van der Waals surface area contributed by atoms with E-state index in [1.807, 2.05) is 12.1 Å². The van der Waals surface area contributed by atoms with Gasteiger partial charge in [0.05, 0.1) is 0 Å². The van der Waals surface area contributed by atoms with Crippen molar-refractivity contribution in [1.29, 1.82) is 0 Å². The van der Waals surface area contributed by atoms with Crippen LogP contribution in [0.5, 0.6) is 0 Å². The largest absolute Gasteiger partial charge is 0.328 e. The number of nitrogens with two attached hydrogens (primary N) is 1. The zero-order valence-corrected chi connectivity index (χ0v) is 13.8. The number of hydrogen-bond donors (Lipinski definition) is 2. The Morgan fingerprint density at radius 3 is 2.95 bits per heavy atom. The van der Waals surface area contributed by atoms with Crippen LogP contribution in [0.25, 0.3) is 0 Å². The first-order valence-corrected chi connectivity index (χ1v) is 7.46. The van der Waals surface area contributed by atoms with Gasteiger partial charge < -0.3 is 16.0 Å². The van der Waals surface area contributed by atoms with Gasteiger partial charge in [0.25, 0.3) is 0 Å². The van der Waals surface area contributed by atoms with Crippen LogP contribution in [-0.4, -0.2) is 36.5 Å². The number of carbonyl (C=O) groups is 1. The van der Waals surface area contributed by atoms with Crippen LogP contribution in [0.15, 0.2) is 24.3 Å². The number of amides is 1. The van der Waals surface area contributed by atoms with Gasteiger partial charge in [-0.2, -0.15) is 0 Å². The smallest absolute Gasteiger partial charge is 0.225 e. The van der Waals surface area contributed by atoms with E-state index in [-0.39, 0.29) is 24.4 Å². The zero-order valence-electron chi connectivity index (χ0n) is 12.2. The predicted octanol–water partition coefficient (Wildman–Crippen LogP) is 2.76. The molecule has 1 aromatic carbocycles. The highest BCUT2D eigenvalue weighted by atomic mass is 35.5. The quantitative estimate of drug-likeness (QED) is 0.872. The number of hydrogen-bond acceptors (Lipinski definition) is 3. The molecule has 118 valence electrons. The van der Waals surface area contributed by atoms with Crippen LogP contribution in [0.2, 0.25) is 5.02 Å². The lowest BCUT2D eigenvalue weighted by Crippen LogP contribution is -2.31. The second kappa shape index (κ2) is 8.59. The van der Waals surface area contributed by atoms with Gasteiger partial charge in [0.1, 0.15) is 0 Å². The summed E-state index contributed by atoms with van der Waals surface area (Å²) >= 11 is 5.88. The lowest BCUT2D eigenvalue weighted by atomic mass is 10.0. The number of nitrogens with one attached hydrogen (secondary N) is 1. The Bertz CT molecular complexity index is 468. The fourth-order valence-corrected chi connectivity index (χ4v) is 2.73. The summed E-state index contributed by atoms with van der Waals surface area (Å²) in [5.74, 6) is 0.586. The monoisotopic (exact) mass is 331 g/mol. The molecule has 2 rings (SSSR count). The van der Waals surface area contributed by atoms with Gasteiger partial charge in [0, 0.05) is 36.3 Å². The summed E-state index contributed by atoms with van der Waals surface area (Å²) < 4.78 is 0. The zero-order chi connectivity index (χ0) is 14.5. The fourth-order valence-electron chi connectivity index (χ4n) is 2.54. The van der Waals surface area contributed by atoms with E-state index in [9.17, 15) is 4.79 Å². The van der Waals surface area contributed by atoms with Crippen molar-refractivity contribution in [3.05, 3.63) is 29.3 Å². The Morgan fingerprint density at radius 1 is 1.57 bits per heavy atom. The van der Waals surface area contributed by atoms with Crippen molar-refractivity contribution in [3.8, 4) is 0 Å². The fraction of sp³-hybridized carbons (Fsp3) is 0.533. The minimum Gasteiger partial charge on any atom is -0.328 e. The number of benzene rings is 1. The molecule has 0 radical (unpaired) electrons. The molecule has 2 atom stereocenters. The van der Waals surface area contributed by atoms with Crippen LogP contribution in [0.3, 0.4) is 0 Å². The van der Waals surface area contributed by atoms with Crippen molar-refractivity contribution in [2.75, 3.05) is 25.0 Å². The van der Waals surface area contributed by atoms with Crippen LogP contribution in [0.4, 0.5) is 5.69 Å². The molecule has 3 N–H and O–H groups in total. The molecule has 0 bridgehead atoms. The van der Waals surface area contributed by atoms with E-state index < -0.39 is 0 Å². The second-order valence-corrected chi connectivity index (χ2v) is 5.95. The van der Waals surface area contributed by atoms with Crippen LogP contribution in [-0.2, 0) is 4.79 Å². The molecule has 0 aliphatic carbocycles. The maximum Gasteiger partial charge on any atom is 0.225 e. The van der Waals surface area contributed by atoms with Gasteiger partial charge in [0.2, 0.25) is 5.91 Å². The van der Waals surface area contributed by atoms with Crippen LogP contribution < -0.4 is 11.1 Å². The van der Waals surface area contributed by atoms with Crippen LogP contribution >= 0.6 is 24.0 Å². The number of nitrogens with zero attached hydrogens (tertiary/aromatic N) is 1. The van der Waals surface area contributed by atoms with E-state index in [0.29, 0.717) is 17.4 Å². The predicted molar refractivity (Wildman–Crippen MR) is 90.1 cm³/mol. The van der Waals surface area contributed by atoms with Crippen molar-refractivity contribution < 1.29 is 4.79 Å².